The van der Waals surface area contributed by atoms with Crippen molar-refractivity contribution in [2.24, 2.45) is 5.41 Å². The first-order chi connectivity index (χ1) is 15.7. The van der Waals surface area contributed by atoms with E-state index in [4.69, 9.17) is 26.2 Å². The van der Waals surface area contributed by atoms with E-state index in [1.165, 1.54) is 0 Å². The summed E-state index contributed by atoms with van der Waals surface area (Å²) in [6.07, 6.45) is 3.40. The highest BCUT2D eigenvalue weighted by molar-refractivity contribution is 6.31. The number of carbonyl (C=O) groups excluding carboxylic acids is 1. The molecule has 0 aliphatic heterocycles. The number of ether oxygens (including phenoxy) is 2. The van der Waals surface area contributed by atoms with Crippen LogP contribution in [0.4, 0.5) is 0 Å². The van der Waals surface area contributed by atoms with Crippen LogP contribution in [0.15, 0.2) is 54.2 Å². The van der Waals surface area contributed by atoms with Crippen molar-refractivity contribution in [3.8, 4) is 28.8 Å². The van der Waals surface area contributed by atoms with Gasteiger partial charge in [-0.2, -0.15) is 10.4 Å². The summed E-state index contributed by atoms with van der Waals surface area (Å²) in [5.74, 6) is 0.911. The van der Waals surface area contributed by atoms with E-state index in [-0.39, 0.29) is 11.4 Å². The van der Waals surface area contributed by atoms with Gasteiger partial charge in [0.15, 0.2) is 17.3 Å². The molecule has 0 saturated carbocycles. The van der Waals surface area contributed by atoms with Crippen LogP contribution in [0.5, 0.6) is 11.5 Å². The smallest absolute Gasteiger partial charge is 0.178 e. The Bertz CT molecular complexity index is 1250. The normalized spacial score (nSPS) is 11.7. The van der Waals surface area contributed by atoms with Crippen molar-refractivity contribution in [1.29, 1.82) is 5.26 Å². The van der Waals surface area contributed by atoms with Crippen LogP contribution < -0.4 is 9.47 Å². The number of allylic oxidation sites excluding steroid dienone is 1. The molecule has 0 amide bonds. The van der Waals surface area contributed by atoms with Crippen LogP contribution in [0.1, 0.15) is 31.9 Å². The summed E-state index contributed by atoms with van der Waals surface area (Å²) in [6.45, 7) is 5.80. The van der Waals surface area contributed by atoms with Gasteiger partial charge in [0.05, 0.1) is 32.0 Å². The molecule has 3 rings (SSSR count). The molecule has 0 unspecified atom stereocenters. The molecule has 0 aliphatic carbocycles. The number of nitrogens with zero attached hydrogens (tertiary/aromatic N) is 3. The van der Waals surface area contributed by atoms with Crippen LogP contribution in [0.25, 0.3) is 17.3 Å². The van der Waals surface area contributed by atoms with Gasteiger partial charge in [-0.15, -0.1) is 0 Å². The van der Waals surface area contributed by atoms with Gasteiger partial charge in [0.25, 0.3) is 0 Å². The molecule has 0 bridgehead atoms. The molecule has 33 heavy (non-hydrogen) atoms. The molecule has 6 nitrogen and oxygen atoms in total. The van der Waals surface area contributed by atoms with E-state index < -0.39 is 5.41 Å². The van der Waals surface area contributed by atoms with Crippen molar-refractivity contribution in [3.05, 3.63) is 70.4 Å². The monoisotopic (exact) mass is 463 g/mol. The Labute approximate surface area is 199 Å². The van der Waals surface area contributed by atoms with E-state index >= 15 is 0 Å². The van der Waals surface area contributed by atoms with E-state index in [2.05, 4.69) is 6.07 Å². The zero-order valence-electron chi connectivity index (χ0n) is 19.3. The molecule has 170 valence electrons. The number of methoxy groups -OCH3 is 2. The van der Waals surface area contributed by atoms with Crippen molar-refractivity contribution in [1.82, 2.24) is 9.78 Å². The first-order valence-electron chi connectivity index (χ1n) is 10.4. The lowest BCUT2D eigenvalue weighted by Crippen LogP contribution is -2.21. The number of rotatable bonds is 7. The van der Waals surface area contributed by atoms with Crippen molar-refractivity contribution in [2.45, 2.75) is 27.3 Å². The zero-order valence-corrected chi connectivity index (χ0v) is 20.1. The van der Waals surface area contributed by atoms with Crippen molar-refractivity contribution < 1.29 is 14.3 Å². The van der Waals surface area contributed by atoms with Crippen LogP contribution in [-0.2, 0) is 11.3 Å². The Balaban J connectivity index is 2.15. The topological polar surface area (TPSA) is 77.1 Å². The molecule has 1 heterocycles. The minimum absolute atomic E-state index is 0.0709. The van der Waals surface area contributed by atoms with E-state index in [1.807, 2.05) is 42.6 Å². The molecule has 0 radical (unpaired) electrons. The standard InChI is InChI=1S/C26H26ClN3O3/c1-26(2,3)25(31)19(14-28)12-20-16-30(15-18-8-6-7-9-21(18)27)29-24(20)17-10-11-22(32-4)23(13-17)33-5/h6-13,16H,15H2,1-5H3. The number of hydrogen-bond donors (Lipinski definition) is 0. The SMILES string of the molecule is COc1ccc(-c2nn(Cc3ccccc3Cl)cc2C=C(C#N)C(=O)C(C)(C)C)cc1OC. The van der Waals surface area contributed by atoms with E-state index in [0.29, 0.717) is 34.3 Å². The average molecular weight is 464 g/mol. The second-order valence-electron chi connectivity index (χ2n) is 8.54. The number of ketones is 1. The van der Waals surface area contributed by atoms with Crippen molar-refractivity contribution >= 4 is 23.5 Å². The number of benzene rings is 2. The van der Waals surface area contributed by atoms with Crippen LogP contribution in [0.2, 0.25) is 5.02 Å². The maximum absolute atomic E-state index is 12.8. The molecular weight excluding hydrogens is 438 g/mol. The van der Waals surface area contributed by atoms with Crippen LogP contribution in [0, 0.1) is 16.7 Å². The lowest BCUT2D eigenvalue weighted by molar-refractivity contribution is -0.121. The molecule has 1 aromatic heterocycles. The summed E-state index contributed by atoms with van der Waals surface area (Å²) >= 11 is 6.34. The van der Waals surface area contributed by atoms with E-state index in [1.54, 1.807) is 51.8 Å². The highest BCUT2D eigenvalue weighted by Crippen LogP contribution is 2.34. The van der Waals surface area contributed by atoms with Crippen molar-refractivity contribution in [2.75, 3.05) is 14.2 Å². The van der Waals surface area contributed by atoms with Crippen LogP contribution >= 0.6 is 11.6 Å². The molecule has 7 heteroatoms. The Morgan fingerprint density at radius 1 is 1.15 bits per heavy atom. The molecule has 0 fully saturated rings. The highest BCUT2D eigenvalue weighted by Gasteiger charge is 2.26. The largest absolute Gasteiger partial charge is 0.493 e. The second-order valence-corrected chi connectivity index (χ2v) is 8.95. The number of aromatic nitrogens is 2. The summed E-state index contributed by atoms with van der Waals surface area (Å²) in [5.41, 5.74) is 2.31. The molecule has 2 aromatic carbocycles. The first-order valence-corrected chi connectivity index (χ1v) is 10.8. The maximum Gasteiger partial charge on any atom is 0.178 e. The average Bonchev–Trinajstić information content (AvgIpc) is 3.19. The number of Topliss-reactive ketones (excluding diaryl/α,β-unsaturated/α-hetero) is 1. The third kappa shape index (κ3) is 5.44. The lowest BCUT2D eigenvalue weighted by atomic mass is 9.86. The summed E-state index contributed by atoms with van der Waals surface area (Å²) in [7, 11) is 3.13. The second kappa shape index (κ2) is 9.93. The Morgan fingerprint density at radius 3 is 2.45 bits per heavy atom. The van der Waals surface area contributed by atoms with Gasteiger partial charge < -0.3 is 9.47 Å². The van der Waals surface area contributed by atoms with Gasteiger partial charge in [0.1, 0.15) is 6.07 Å². The summed E-state index contributed by atoms with van der Waals surface area (Å²) in [5, 5.41) is 15.1. The van der Waals surface area contributed by atoms with Gasteiger partial charge in [-0.1, -0.05) is 50.6 Å². The fraction of sp³-hybridized carbons (Fsp3) is 0.269. The third-order valence-corrected chi connectivity index (χ3v) is 5.45. The van der Waals surface area contributed by atoms with Gasteiger partial charge in [-0.25, -0.2) is 0 Å². The molecule has 3 aromatic rings. The van der Waals surface area contributed by atoms with Gasteiger partial charge in [0.2, 0.25) is 0 Å². The quantitative estimate of drug-likeness (QED) is 0.327. The number of hydrogen-bond acceptors (Lipinski definition) is 5. The van der Waals surface area contributed by atoms with Gasteiger partial charge >= 0.3 is 0 Å². The number of nitriles is 1. The van der Waals surface area contributed by atoms with Gasteiger partial charge in [-0.05, 0) is 35.9 Å². The summed E-state index contributed by atoms with van der Waals surface area (Å²) in [6, 6.07) is 15.1. The highest BCUT2D eigenvalue weighted by atomic mass is 35.5. The number of carbonyl (C=O) groups is 1. The van der Waals surface area contributed by atoms with E-state index in [9.17, 15) is 10.1 Å². The number of halogens is 1. The fourth-order valence-electron chi connectivity index (χ4n) is 3.34. The van der Waals surface area contributed by atoms with Crippen molar-refractivity contribution in [3.63, 3.8) is 0 Å². The Morgan fingerprint density at radius 2 is 1.85 bits per heavy atom. The maximum atomic E-state index is 12.8. The molecule has 0 saturated heterocycles. The first kappa shape index (κ1) is 24.1. The van der Waals surface area contributed by atoms with Crippen LogP contribution in [0.3, 0.4) is 0 Å². The fourth-order valence-corrected chi connectivity index (χ4v) is 3.54. The van der Waals surface area contributed by atoms with Gasteiger partial charge in [-0.3, -0.25) is 9.48 Å². The summed E-state index contributed by atoms with van der Waals surface area (Å²) < 4.78 is 12.5. The molecule has 0 spiro atoms. The minimum Gasteiger partial charge on any atom is -0.493 e. The van der Waals surface area contributed by atoms with Gasteiger partial charge in [0, 0.05) is 27.8 Å². The van der Waals surface area contributed by atoms with E-state index in [0.717, 1.165) is 11.1 Å². The molecule has 0 atom stereocenters. The molecule has 0 aliphatic rings. The lowest BCUT2D eigenvalue weighted by Gasteiger charge is -2.15. The predicted octanol–water partition coefficient (Wildman–Crippen LogP) is 5.79. The third-order valence-electron chi connectivity index (χ3n) is 5.08. The molecular formula is C26H26ClN3O3. The summed E-state index contributed by atoms with van der Waals surface area (Å²) in [4.78, 5) is 12.8. The Hall–Kier alpha value is -3.56. The minimum atomic E-state index is -0.682. The predicted molar refractivity (Wildman–Crippen MR) is 129 cm³/mol. The van der Waals surface area contributed by atoms with Crippen LogP contribution in [-0.4, -0.2) is 29.8 Å². The zero-order chi connectivity index (χ0) is 24.2. The Kier molecular flexibility index (Phi) is 7.25. The molecule has 0 N–H and O–H groups in total.